The third kappa shape index (κ3) is 3.84. The van der Waals surface area contributed by atoms with Crippen LogP contribution >= 0.6 is 0 Å². The molecule has 1 aliphatic carbocycles. The van der Waals surface area contributed by atoms with Gasteiger partial charge in [0.05, 0.1) is 5.92 Å². The summed E-state index contributed by atoms with van der Waals surface area (Å²) in [5.41, 5.74) is 1.92. The van der Waals surface area contributed by atoms with Crippen molar-refractivity contribution in [3.63, 3.8) is 0 Å². The molecule has 1 saturated heterocycles. The number of carbonyl (C=O) groups excluding carboxylic acids is 2. The Morgan fingerprint density at radius 3 is 2.74 bits per heavy atom. The Hall–Kier alpha value is -2.04. The topological polar surface area (TPSA) is 52.7 Å². The number of nitrogens with one attached hydrogen (secondary N) is 1. The highest BCUT2D eigenvalue weighted by atomic mass is 16.2. The maximum Gasteiger partial charge on any atom is 0.321 e. The van der Waals surface area contributed by atoms with Gasteiger partial charge in [0.2, 0.25) is 5.91 Å². The zero-order chi connectivity index (χ0) is 16.4. The number of rotatable bonds is 3. The molecule has 5 nitrogen and oxygen atoms in total. The molecule has 1 saturated carbocycles. The van der Waals surface area contributed by atoms with Gasteiger partial charge < -0.3 is 15.1 Å². The average molecular weight is 315 g/mol. The summed E-state index contributed by atoms with van der Waals surface area (Å²) in [5.74, 6) is 0.137. The van der Waals surface area contributed by atoms with Crippen molar-refractivity contribution in [2.45, 2.75) is 38.6 Å². The maximum atomic E-state index is 12.5. The summed E-state index contributed by atoms with van der Waals surface area (Å²) >= 11 is 0. The fourth-order valence-electron chi connectivity index (χ4n) is 3.22. The number of likely N-dealkylation sites (tertiary alicyclic amines) is 1. The first-order valence-corrected chi connectivity index (χ1v) is 8.44. The molecule has 124 valence electrons. The number of piperidine rings is 1. The van der Waals surface area contributed by atoms with Crippen LogP contribution in [0.15, 0.2) is 24.3 Å². The van der Waals surface area contributed by atoms with Crippen LogP contribution in [0.5, 0.6) is 0 Å². The monoisotopic (exact) mass is 315 g/mol. The number of carbonyl (C=O) groups is 2. The minimum absolute atomic E-state index is 0.0578. The fraction of sp³-hybridized carbons (Fsp3) is 0.556. The smallest absolute Gasteiger partial charge is 0.321 e. The highest BCUT2D eigenvalue weighted by molar-refractivity contribution is 5.90. The molecular weight excluding hydrogens is 290 g/mol. The third-order valence-electron chi connectivity index (χ3n) is 4.77. The molecular formula is C18H25N3O2. The Labute approximate surface area is 137 Å². The van der Waals surface area contributed by atoms with Crippen LogP contribution in [-0.2, 0) is 4.79 Å². The Bertz CT molecular complexity index is 598. The molecule has 1 N–H and O–H groups in total. The molecule has 0 spiro atoms. The second kappa shape index (κ2) is 6.60. The summed E-state index contributed by atoms with van der Waals surface area (Å²) in [6, 6.07) is 8.09. The van der Waals surface area contributed by atoms with Gasteiger partial charge in [-0.05, 0) is 50.3 Å². The predicted molar refractivity (Wildman–Crippen MR) is 90.3 cm³/mol. The van der Waals surface area contributed by atoms with E-state index in [0.717, 1.165) is 36.9 Å². The molecule has 0 bridgehead atoms. The van der Waals surface area contributed by atoms with Crippen LogP contribution in [0.25, 0.3) is 0 Å². The molecule has 1 aliphatic heterocycles. The van der Waals surface area contributed by atoms with Crippen LogP contribution in [0.1, 0.15) is 31.2 Å². The molecule has 5 heteroatoms. The van der Waals surface area contributed by atoms with Gasteiger partial charge in [0.15, 0.2) is 0 Å². The highest BCUT2D eigenvalue weighted by Gasteiger charge is 2.35. The Morgan fingerprint density at radius 2 is 2.04 bits per heavy atom. The zero-order valence-electron chi connectivity index (χ0n) is 13.9. The molecule has 0 unspecified atom stereocenters. The minimum atomic E-state index is -0.109. The van der Waals surface area contributed by atoms with Crippen molar-refractivity contribution >= 4 is 17.6 Å². The van der Waals surface area contributed by atoms with E-state index < -0.39 is 0 Å². The molecule has 1 atom stereocenters. The molecule has 3 amide bonds. The first-order chi connectivity index (χ1) is 11.0. The van der Waals surface area contributed by atoms with Crippen LogP contribution in [0.2, 0.25) is 0 Å². The summed E-state index contributed by atoms with van der Waals surface area (Å²) < 4.78 is 0. The third-order valence-corrected chi connectivity index (χ3v) is 4.77. The second-order valence-corrected chi connectivity index (χ2v) is 6.77. The number of hydrogen-bond donors (Lipinski definition) is 1. The lowest BCUT2D eigenvalue weighted by molar-refractivity contribution is -0.136. The van der Waals surface area contributed by atoms with E-state index >= 15 is 0 Å². The molecule has 2 fully saturated rings. The highest BCUT2D eigenvalue weighted by Crippen LogP contribution is 2.28. The number of benzene rings is 1. The average Bonchev–Trinajstić information content (AvgIpc) is 3.38. The zero-order valence-corrected chi connectivity index (χ0v) is 13.9. The molecule has 1 heterocycles. The van der Waals surface area contributed by atoms with Crippen molar-refractivity contribution in [1.29, 1.82) is 0 Å². The predicted octanol–water partition coefficient (Wildman–Crippen LogP) is 2.86. The minimum Gasteiger partial charge on any atom is -0.342 e. The SMILES string of the molecule is Cc1cccc(NC(=O)N2CCC[C@@H](C(=O)N(C)C3CC3)C2)c1. The van der Waals surface area contributed by atoms with E-state index in [2.05, 4.69) is 5.32 Å². The van der Waals surface area contributed by atoms with Crippen LogP contribution < -0.4 is 5.32 Å². The molecule has 1 aromatic carbocycles. The molecule has 0 aromatic heterocycles. The number of hydrogen-bond acceptors (Lipinski definition) is 2. The maximum absolute atomic E-state index is 12.5. The van der Waals surface area contributed by atoms with E-state index in [9.17, 15) is 9.59 Å². The largest absolute Gasteiger partial charge is 0.342 e. The van der Waals surface area contributed by atoms with Gasteiger partial charge in [-0.1, -0.05) is 12.1 Å². The summed E-state index contributed by atoms with van der Waals surface area (Å²) in [6.45, 7) is 3.24. The van der Waals surface area contributed by atoms with Gasteiger partial charge in [-0.25, -0.2) is 4.79 Å². The molecule has 1 aromatic rings. The van der Waals surface area contributed by atoms with Crippen molar-refractivity contribution in [3.8, 4) is 0 Å². The van der Waals surface area contributed by atoms with Crippen molar-refractivity contribution in [1.82, 2.24) is 9.80 Å². The van der Waals surface area contributed by atoms with E-state index in [1.165, 1.54) is 0 Å². The van der Waals surface area contributed by atoms with Gasteiger partial charge in [-0.15, -0.1) is 0 Å². The number of aryl methyl sites for hydroxylation is 1. The number of urea groups is 1. The van der Waals surface area contributed by atoms with E-state index in [1.807, 2.05) is 43.1 Å². The lowest BCUT2D eigenvalue weighted by Gasteiger charge is -2.34. The summed E-state index contributed by atoms with van der Waals surface area (Å²) in [6.07, 6.45) is 4.00. The number of nitrogens with zero attached hydrogens (tertiary/aromatic N) is 2. The lowest BCUT2D eigenvalue weighted by atomic mass is 9.97. The van der Waals surface area contributed by atoms with E-state index in [4.69, 9.17) is 0 Å². The molecule has 2 aliphatic rings. The van der Waals surface area contributed by atoms with Crippen LogP contribution in [0.4, 0.5) is 10.5 Å². The summed E-state index contributed by atoms with van der Waals surface area (Å²) in [4.78, 5) is 28.6. The Kier molecular flexibility index (Phi) is 4.55. The van der Waals surface area contributed by atoms with Gasteiger partial charge in [-0.3, -0.25) is 4.79 Å². The lowest BCUT2D eigenvalue weighted by Crippen LogP contribution is -2.47. The number of anilines is 1. The van der Waals surface area contributed by atoms with Gasteiger partial charge >= 0.3 is 6.03 Å². The Morgan fingerprint density at radius 1 is 1.26 bits per heavy atom. The fourth-order valence-corrected chi connectivity index (χ4v) is 3.22. The van der Waals surface area contributed by atoms with Crippen LogP contribution in [-0.4, -0.2) is 47.9 Å². The van der Waals surface area contributed by atoms with E-state index in [0.29, 0.717) is 19.1 Å². The summed E-state index contributed by atoms with van der Waals surface area (Å²) in [7, 11) is 1.89. The van der Waals surface area contributed by atoms with Gasteiger partial charge in [0.25, 0.3) is 0 Å². The van der Waals surface area contributed by atoms with Crippen LogP contribution in [0, 0.1) is 12.8 Å². The van der Waals surface area contributed by atoms with Gasteiger partial charge in [0.1, 0.15) is 0 Å². The van der Waals surface area contributed by atoms with E-state index in [-0.39, 0.29) is 17.9 Å². The molecule has 0 radical (unpaired) electrons. The first-order valence-electron chi connectivity index (χ1n) is 8.44. The normalized spacial score (nSPS) is 21.0. The van der Waals surface area contributed by atoms with Gasteiger partial charge in [0, 0.05) is 31.9 Å². The molecule has 23 heavy (non-hydrogen) atoms. The van der Waals surface area contributed by atoms with Crippen molar-refractivity contribution < 1.29 is 9.59 Å². The van der Waals surface area contributed by atoms with Crippen molar-refractivity contribution in [2.24, 2.45) is 5.92 Å². The molecule has 3 rings (SSSR count). The quantitative estimate of drug-likeness (QED) is 0.932. The van der Waals surface area contributed by atoms with Crippen LogP contribution in [0.3, 0.4) is 0 Å². The number of amides is 3. The van der Waals surface area contributed by atoms with Crippen molar-refractivity contribution in [3.05, 3.63) is 29.8 Å². The Balaban J connectivity index is 1.59. The van der Waals surface area contributed by atoms with Crippen molar-refractivity contribution in [2.75, 3.05) is 25.5 Å². The standard InChI is InChI=1S/C18H25N3O2/c1-13-5-3-7-15(11-13)19-18(23)21-10-4-6-14(12-21)17(22)20(2)16-8-9-16/h3,5,7,11,14,16H,4,6,8-10,12H2,1-2H3,(H,19,23)/t14-/m1/s1. The summed E-state index contributed by atoms with van der Waals surface area (Å²) in [5, 5.41) is 2.94. The van der Waals surface area contributed by atoms with Gasteiger partial charge in [-0.2, -0.15) is 0 Å². The first kappa shape index (κ1) is 15.8. The van der Waals surface area contributed by atoms with E-state index in [1.54, 1.807) is 4.90 Å². The second-order valence-electron chi connectivity index (χ2n) is 6.77.